The number of aliphatic carboxylic acids is 1. The molecule has 5 nitrogen and oxygen atoms in total. The van der Waals surface area contributed by atoms with Crippen LogP contribution in [0.25, 0.3) is 0 Å². The molecule has 0 heterocycles. The van der Waals surface area contributed by atoms with Crippen LogP contribution in [0.4, 0.5) is 0 Å². The molecule has 0 spiro atoms. The van der Waals surface area contributed by atoms with Crippen LogP contribution in [0.3, 0.4) is 0 Å². The fourth-order valence-corrected chi connectivity index (χ4v) is 1.98. The van der Waals surface area contributed by atoms with Crippen LogP contribution in [0.15, 0.2) is 24.3 Å². The van der Waals surface area contributed by atoms with Gasteiger partial charge in [-0.15, -0.1) is 0 Å². The molecule has 1 rings (SSSR count). The molecule has 0 saturated carbocycles. The molecule has 1 amide bonds. The zero-order valence-electron chi connectivity index (χ0n) is 10.8. The fourth-order valence-electron chi connectivity index (χ4n) is 1.68. The normalized spacial score (nSPS) is 13.6. The molecule has 0 aromatic heterocycles. The van der Waals surface area contributed by atoms with Crippen molar-refractivity contribution in [3.8, 4) is 0 Å². The number of carboxylic acid groups (broad SMARTS) is 1. The van der Waals surface area contributed by atoms with Gasteiger partial charge in [-0.05, 0) is 18.6 Å². The van der Waals surface area contributed by atoms with Gasteiger partial charge in [-0.3, -0.25) is 4.79 Å². The Bertz CT molecular complexity index is 465. The van der Waals surface area contributed by atoms with Crippen LogP contribution in [0, 0.1) is 0 Å². The number of hydrogen-bond acceptors (Lipinski definition) is 3. The number of carbonyl (C=O) groups excluding carboxylic acids is 1. The van der Waals surface area contributed by atoms with Crippen molar-refractivity contribution in [1.82, 2.24) is 10.6 Å². The second-order valence-electron chi connectivity index (χ2n) is 4.24. The van der Waals surface area contributed by atoms with E-state index >= 15 is 0 Å². The quantitative estimate of drug-likeness (QED) is 0.741. The van der Waals surface area contributed by atoms with Gasteiger partial charge in [0.2, 0.25) is 5.91 Å². The molecular weight excluding hydrogens is 268 g/mol. The highest BCUT2D eigenvalue weighted by atomic mass is 35.5. The first-order chi connectivity index (χ1) is 8.91. The Labute approximate surface area is 117 Å². The molecule has 0 aliphatic rings. The van der Waals surface area contributed by atoms with Crippen molar-refractivity contribution in [3.05, 3.63) is 34.9 Å². The van der Waals surface area contributed by atoms with Crippen molar-refractivity contribution >= 4 is 23.5 Å². The van der Waals surface area contributed by atoms with Gasteiger partial charge in [0.1, 0.15) is 6.04 Å². The maximum Gasteiger partial charge on any atom is 0.327 e. The van der Waals surface area contributed by atoms with E-state index in [-0.39, 0.29) is 18.5 Å². The molecule has 1 aromatic rings. The molecule has 19 heavy (non-hydrogen) atoms. The molecule has 0 aliphatic heterocycles. The summed E-state index contributed by atoms with van der Waals surface area (Å²) in [4.78, 5) is 21.9. The van der Waals surface area contributed by atoms with Crippen molar-refractivity contribution in [2.45, 2.75) is 25.9 Å². The minimum absolute atomic E-state index is 0.107. The molecule has 0 bridgehead atoms. The second-order valence-corrected chi connectivity index (χ2v) is 4.65. The van der Waals surface area contributed by atoms with Gasteiger partial charge in [0.15, 0.2) is 0 Å². The highest BCUT2D eigenvalue weighted by Gasteiger charge is 2.19. The third-order valence-corrected chi connectivity index (χ3v) is 3.02. The lowest BCUT2D eigenvalue weighted by atomic mass is 10.1. The summed E-state index contributed by atoms with van der Waals surface area (Å²) in [6, 6.07) is 6.27. The van der Waals surface area contributed by atoms with Crippen LogP contribution >= 0.6 is 11.6 Å². The van der Waals surface area contributed by atoms with Gasteiger partial charge in [0.25, 0.3) is 0 Å². The minimum atomic E-state index is -1.07. The SMILES string of the molecule is CC(=O)NC(CNC(C)c1ccccc1Cl)C(=O)O. The van der Waals surface area contributed by atoms with E-state index in [9.17, 15) is 9.59 Å². The topological polar surface area (TPSA) is 78.4 Å². The standard InChI is InChI=1S/C13H17ClN2O3/c1-8(10-5-3-4-6-11(10)14)15-7-12(13(18)19)16-9(2)17/h3-6,8,12,15H,7H2,1-2H3,(H,16,17)(H,18,19). The summed E-state index contributed by atoms with van der Waals surface area (Å²) in [6.07, 6.45) is 0. The second kappa shape index (κ2) is 7.11. The van der Waals surface area contributed by atoms with Crippen molar-refractivity contribution in [2.24, 2.45) is 0 Å². The Morgan fingerprint density at radius 3 is 2.53 bits per heavy atom. The summed E-state index contributed by atoms with van der Waals surface area (Å²) in [5.41, 5.74) is 0.885. The molecule has 0 aliphatic carbocycles. The van der Waals surface area contributed by atoms with Gasteiger partial charge in [0, 0.05) is 24.5 Å². The van der Waals surface area contributed by atoms with E-state index < -0.39 is 12.0 Å². The molecule has 0 saturated heterocycles. The van der Waals surface area contributed by atoms with Gasteiger partial charge < -0.3 is 15.7 Å². The third-order valence-electron chi connectivity index (χ3n) is 2.68. The van der Waals surface area contributed by atoms with Gasteiger partial charge in [-0.25, -0.2) is 4.79 Å². The number of hydrogen-bond donors (Lipinski definition) is 3. The molecule has 0 radical (unpaired) electrons. The number of benzene rings is 1. The summed E-state index contributed by atoms with van der Waals surface area (Å²) < 4.78 is 0. The third kappa shape index (κ3) is 4.89. The number of carbonyl (C=O) groups is 2. The van der Waals surface area contributed by atoms with E-state index in [1.807, 2.05) is 25.1 Å². The first-order valence-corrected chi connectivity index (χ1v) is 6.27. The number of nitrogens with one attached hydrogen (secondary N) is 2. The van der Waals surface area contributed by atoms with E-state index in [2.05, 4.69) is 10.6 Å². The van der Waals surface area contributed by atoms with Crippen molar-refractivity contribution in [1.29, 1.82) is 0 Å². The van der Waals surface area contributed by atoms with Crippen molar-refractivity contribution in [3.63, 3.8) is 0 Å². The summed E-state index contributed by atoms with van der Waals surface area (Å²) in [5.74, 6) is -1.45. The Morgan fingerprint density at radius 2 is 2.00 bits per heavy atom. The number of rotatable bonds is 6. The minimum Gasteiger partial charge on any atom is -0.480 e. The number of halogens is 1. The predicted octanol–water partition coefficient (Wildman–Crippen LogP) is 1.58. The molecule has 2 unspecified atom stereocenters. The van der Waals surface area contributed by atoms with Crippen LogP contribution in [0.1, 0.15) is 25.5 Å². The highest BCUT2D eigenvalue weighted by Crippen LogP contribution is 2.21. The van der Waals surface area contributed by atoms with Gasteiger partial charge >= 0.3 is 5.97 Å². The van der Waals surface area contributed by atoms with E-state index in [0.29, 0.717) is 5.02 Å². The molecule has 6 heteroatoms. The average molecular weight is 285 g/mol. The lowest BCUT2D eigenvalue weighted by Gasteiger charge is -2.19. The first-order valence-electron chi connectivity index (χ1n) is 5.89. The molecule has 3 N–H and O–H groups in total. The monoisotopic (exact) mass is 284 g/mol. The van der Waals surface area contributed by atoms with Crippen molar-refractivity contribution < 1.29 is 14.7 Å². The van der Waals surface area contributed by atoms with E-state index in [1.165, 1.54) is 6.92 Å². The van der Waals surface area contributed by atoms with Gasteiger partial charge in [-0.1, -0.05) is 29.8 Å². The van der Waals surface area contributed by atoms with Crippen LogP contribution in [-0.4, -0.2) is 29.6 Å². The van der Waals surface area contributed by atoms with Crippen LogP contribution in [0.2, 0.25) is 5.02 Å². The maximum atomic E-state index is 11.0. The lowest BCUT2D eigenvalue weighted by Crippen LogP contribution is -2.46. The molecular formula is C13H17ClN2O3. The van der Waals surface area contributed by atoms with Gasteiger partial charge in [-0.2, -0.15) is 0 Å². The molecule has 104 valence electrons. The Morgan fingerprint density at radius 1 is 1.37 bits per heavy atom. The van der Waals surface area contributed by atoms with Crippen LogP contribution in [0.5, 0.6) is 0 Å². The van der Waals surface area contributed by atoms with Crippen LogP contribution < -0.4 is 10.6 Å². The van der Waals surface area contributed by atoms with Crippen molar-refractivity contribution in [2.75, 3.05) is 6.54 Å². The maximum absolute atomic E-state index is 11.0. The largest absolute Gasteiger partial charge is 0.480 e. The average Bonchev–Trinajstić information content (AvgIpc) is 2.34. The smallest absolute Gasteiger partial charge is 0.327 e. The lowest BCUT2D eigenvalue weighted by molar-refractivity contribution is -0.141. The first kappa shape index (κ1) is 15.5. The summed E-state index contributed by atoms with van der Waals surface area (Å²) in [6.45, 7) is 3.29. The molecule has 1 aromatic carbocycles. The van der Waals surface area contributed by atoms with E-state index in [4.69, 9.17) is 16.7 Å². The highest BCUT2D eigenvalue weighted by molar-refractivity contribution is 6.31. The molecule has 0 fully saturated rings. The number of carboxylic acids is 1. The summed E-state index contributed by atoms with van der Waals surface area (Å²) in [5, 5.41) is 15.0. The molecule has 2 atom stereocenters. The predicted molar refractivity (Wildman–Crippen MR) is 73.1 cm³/mol. The van der Waals surface area contributed by atoms with Crippen LogP contribution in [-0.2, 0) is 9.59 Å². The Kier molecular flexibility index (Phi) is 5.79. The zero-order chi connectivity index (χ0) is 14.4. The zero-order valence-corrected chi connectivity index (χ0v) is 11.6. The van der Waals surface area contributed by atoms with Gasteiger partial charge in [0.05, 0.1) is 0 Å². The summed E-state index contributed by atoms with van der Waals surface area (Å²) >= 11 is 6.06. The Hall–Kier alpha value is -1.59. The summed E-state index contributed by atoms with van der Waals surface area (Å²) in [7, 11) is 0. The Balaban J connectivity index is 2.62. The fraction of sp³-hybridized carbons (Fsp3) is 0.385. The van der Waals surface area contributed by atoms with E-state index in [1.54, 1.807) is 6.07 Å². The number of amides is 1. The van der Waals surface area contributed by atoms with E-state index in [0.717, 1.165) is 5.56 Å².